The molecular formula is C20H17NO3. The van der Waals surface area contributed by atoms with Crippen molar-refractivity contribution in [2.45, 2.75) is 6.61 Å². The van der Waals surface area contributed by atoms with Gasteiger partial charge in [-0.1, -0.05) is 30.3 Å². The number of aldehydes is 1. The lowest BCUT2D eigenvalue weighted by Gasteiger charge is -2.11. The zero-order chi connectivity index (χ0) is 16.8. The molecule has 0 saturated heterocycles. The first-order valence-electron chi connectivity index (χ1n) is 7.56. The molecule has 1 heterocycles. The lowest BCUT2D eigenvalue weighted by Crippen LogP contribution is -1.97. The van der Waals surface area contributed by atoms with E-state index in [0.29, 0.717) is 23.8 Å². The van der Waals surface area contributed by atoms with Gasteiger partial charge in [-0.05, 0) is 41.5 Å². The quantitative estimate of drug-likeness (QED) is 0.640. The predicted molar refractivity (Wildman–Crippen MR) is 92.4 cm³/mol. The highest BCUT2D eigenvalue weighted by Gasteiger charge is 2.10. The lowest BCUT2D eigenvalue weighted by molar-refractivity contribution is 0.112. The smallest absolute Gasteiger partial charge is 0.221 e. The van der Waals surface area contributed by atoms with Crippen LogP contribution in [-0.4, -0.2) is 18.4 Å². The molecule has 3 rings (SSSR count). The van der Waals surface area contributed by atoms with Crippen molar-refractivity contribution in [2.75, 3.05) is 7.11 Å². The Balaban J connectivity index is 1.92. The fraction of sp³-hybridized carbons (Fsp3) is 0.100. The van der Waals surface area contributed by atoms with Gasteiger partial charge in [0.2, 0.25) is 5.88 Å². The van der Waals surface area contributed by atoms with E-state index in [2.05, 4.69) is 4.98 Å². The number of benzene rings is 2. The number of pyridine rings is 1. The van der Waals surface area contributed by atoms with Gasteiger partial charge in [0, 0.05) is 17.3 Å². The zero-order valence-corrected chi connectivity index (χ0v) is 13.3. The minimum Gasteiger partial charge on any atom is -0.489 e. The van der Waals surface area contributed by atoms with Crippen LogP contribution in [-0.2, 0) is 6.61 Å². The Morgan fingerprint density at radius 3 is 2.62 bits per heavy atom. The third-order valence-corrected chi connectivity index (χ3v) is 3.59. The molecule has 0 unspecified atom stereocenters. The Morgan fingerprint density at radius 2 is 1.88 bits per heavy atom. The summed E-state index contributed by atoms with van der Waals surface area (Å²) in [5.74, 6) is 1.14. The summed E-state index contributed by atoms with van der Waals surface area (Å²) >= 11 is 0. The minimum atomic E-state index is 0.437. The number of rotatable bonds is 6. The summed E-state index contributed by atoms with van der Waals surface area (Å²) in [5, 5.41) is 0. The first-order chi connectivity index (χ1) is 11.8. The third kappa shape index (κ3) is 3.60. The van der Waals surface area contributed by atoms with Gasteiger partial charge in [-0.25, -0.2) is 4.98 Å². The van der Waals surface area contributed by atoms with Crippen molar-refractivity contribution < 1.29 is 14.3 Å². The van der Waals surface area contributed by atoms with Crippen molar-refractivity contribution in [3.8, 4) is 22.8 Å². The van der Waals surface area contributed by atoms with Gasteiger partial charge >= 0.3 is 0 Å². The van der Waals surface area contributed by atoms with E-state index in [9.17, 15) is 4.79 Å². The molecule has 0 aliphatic carbocycles. The van der Waals surface area contributed by atoms with Crippen LogP contribution in [0.15, 0.2) is 66.9 Å². The normalized spacial score (nSPS) is 10.2. The molecular weight excluding hydrogens is 302 g/mol. The van der Waals surface area contributed by atoms with Crippen LogP contribution in [0.5, 0.6) is 11.6 Å². The molecule has 4 heteroatoms. The maximum absolute atomic E-state index is 11.3. The van der Waals surface area contributed by atoms with E-state index in [1.807, 2.05) is 48.5 Å². The fourth-order valence-electron chi connectivity index (χ4n) is 2.44. The van der Waals surface area contributed by atoms with Gasteiger partial charge < -0.3 is 9.47 Å². The van der Waals surface area contributed by atoms with Crippen LogP contribution in [0.2, 0.25) is 0 Å². The maximum atomic E-state index is 11.3. The predicted octanol–water partition coefficient (Wildman–Crippen LogP) is 4.15. The van der Waals surface area contributed by atoms with Crippen LogP contribution >= 0.6 is 0 Å². The average molecular weight is 319 g/mol. The number of ether oxygens (including phenoxy) is 2. The van der Waals surface area contributed by atoms with E-state index in [0.717, 1.165) is 23.0 Å². The molecule has 0 spiro atoms. The van der Waals surface area contributed by atoms with Crippen molar-refractivity contribution in [2.24, 2.45) is 0 Å². The molecule has 0 N–H and O–H groups in total. The van der Waals surface area contributed by atoms with Crippen LogP contribution < -0.4 is 9.47 Å². The summed E-state index contributed by atoms with van der Waals surface area (Å²) in [5.41, 5.74) is 3.25. The van der Waals surface area contributed by atoms with Crippen molar-refractivity contribution in [1.82, 2.24) is 4.98 Å². The monoisotopic (exact) mass is 319 g/mol. The first kappa shape index (κ1) is 15.7. The van der Waals surface area contributed by atoms with Gasteiger partial charge in [-0.2, -0.15) is 0 Å². The van der Waals surface area contributed by atoms with E-state index in [1.54, 1.807) is 25.4 Å². The fourth-order valence-corrected chi connectivity index (χ4v) is 2.44. The van der Waals surface area contributed by atoms with Crippen molar-refractivity contribution >= 4 is 6.29 Å². The minimum absolute atomic E-state index is 0.437. The van der Waals surface area contributed by atoms with E-state index in [4.69, 9.17) is 9.47 Å². The van der Waals surface area contributed by atoms with Crippen LogP contribution in [0.4, 0.5) is 0 Å². The van der Waals surface area contributed by atoms with Crippen LogP contribution in [0, 0.1) is 0 Å². The van der Waals surface area contributed by atoms with Gasteiger partial charge in [0.25, 0.3) is 0 Å². The van der Waals surface area contributed by atoms with Crippen LogP contribution in [0.3, 0.4) is 0 Å². The van der Waals surface area contributed by atoms with Gasteiger partial charge in [0.05, 0.1) is 7.11 Å². The molecule has 0 bridgehead atoms. The molecule has 0 atom stereocenters. The van der Waals surface area contributed by atoms with E-state index < -0.39 is 0 Å². The first-order valence-corrected chi connectivity index (χ1v) is 7.56. The highest BCUT2D eigenvalue weighted by Crippen LogP contribution is 2.31. The van der Waals surface area contributed by atoms with Gasteiger partial charge in [-0.3, -0.25) is 4.79 Å². The molecule has 4 nitrogen and oxygen atoms in total. The maximum Gasteiger partial charge on any atom is 0.221 e. The number of methoxy groups -OCH3 is 1. The van der Waals surface area contributed by atoms with E-state index in [1.165, 1.54) is 0 Å². The van der Waals surface area contributed by atoms with Gasteiger partial charge in [0.15, 0.2) is 0 Å². The molecule has 0 fully saturated rings. The largest absolute Gasteiger partial charge is 0.489 e. The van der Waals surface area contributed by atoms with Crippen LogP contribution in [0.25, 0.3) is 11.1 Å². The highest BCUT2D eigenvalue weighted by atomic mass is 16.5. The number of carbonyl (C=O) groups excluding carboxylic acids is 1. The Hall–Kier alpha value is -3.14. The van der Waals surface area contributed by atoms with Gasteiger partial charge in [0.1, 0.15) is 18.6 Å². The lowest BCUT2D eigenvalue weighted by atomic mass is 10.0. The van der Waals surface area contributed by atoms with Gasteiger partial charge in [-0.15, -0.1) is 0 Å². The second-order valence-corrected chi connectivity index (χ2v) is 5.24. The molecule has 0 aliphatic rings. The molecule has 0 saturated carbocycles. The topological polar surface area (TPSA) is 48.4 Å². The Kier molecular flexibility index (Phi) is 4.87. The number of hydrogen-bond donors (Lipinski definition) is 0. The Bertz CT molecular complexity index is 831. The zero-order valence-electron chi connectivity index (χ0n) is 13.3. The summed E-state index contributed by atoms with van der Waals surface area (Å²) in [7, 11) is 1.57. The van der Waals surface area contributed by atoms with E-state index >= 15 is 0 Å². The molecule has 2 aromatic carbocycles. The number of hydrogen-bond acceptors (Lipinski definition) is 4. The summed E-state index contributed by atoms with van der Waals surface area (Å²) in [6.45, 7) is 0.437. The molecule has 0 aliphatic heterocycles. The molecule has 0 amide bonds. The highest BCUT2D eigenvalue weighted by molar-refractivity contribution is 5.81. The van der Waals surface area contributed by atoms with E-state index in [-0.39, 0.29) is 0 Å². The molecule has 24 heavy (non-hydrogen) atoms. The Morgan fingerprint density at radius 1 is 1.04 bits per heavy atom. The summed E-state index contributed by atoms with van der Waals surface area (Å²) in [6.07, 6.45) is 2.47. The molecule has 0 radical (unpaired) electrons. The summed E-state index contributed by atoms with van der Waals surface area (Å²) < 4.78 is 11.2. The molecule has 1 aromatic heterocycles. The number of carbonyl (C=O) groups is 1. The molecule has 120 valence electrons. The molecule has 3 aromatic rings. The standard InChI is InChI=1S/C20H17NO3/c1-23-20-19(8-5-9-21-20)17-10-16(13-22)11-18(12-17)24-14-15-6-3-2-4-7-15/h2-13H,14H2,1H3. The van der Waals surface area contributed by atoms with Crippen molar-refractivity contribution in [3.05, 3.63) is 78.0 Å². The Labute approximate surface area is 140 Å². The second kappa shape index (κ2) is 7.42. The van der Waals surface area contributed by atoms with Crippen LogP contribution in [0.1, 0.15) is 15.9 Å². The number of aromatic nitrogens is 1. The second-order valence-electron chi connectivity index (χ2n) is 5.24. The third-order valence-electron chi connectivity index (χ3n) is 3.59. The average Bonchev–Trinajstić information content (AvgIpc) is 2.66. The summed E-state index contributed by atoms with van der Waals surface area (Å²) in [6, 6.07) is 19.0. The van der Waals surface area contributed by atoms with Crippen molar-refractivity contribution in [3.63, 3.8) is 0 Å². The SMILES string of the molecule is COc1ncccc1-c1cc(C=O)cc(OCc2ccccc2)c1. The number of nitrogens with zero attached hydrogens (tertiary/aromatic N) is 1. The van der Waals surface area contributed by atoms with Crippen molar-refractivity contribution in [1.29, 1.82) is 0 Å². The summed E-state index contributed by atoms with van der Waals surface area (Å²) in [4.78, 5) is 15.5.